The first-order valence-electron chi connectivity index (χ1n) is 7.05. The highest BCUT2D eigenvalue weighted by Gasteiger charge is 2.32. The van der Waals surface area contributed by atoms with Gasteiger partial charge in [-0.05, 0) is 17.7 Å². The minimum atomic E-state index is -1.06. The summed E-state index contributed by atoms with van der Waals surface area (Å²) < 4.78 is 12.7. The van der Waals surface area contributed by atoms with Gasteiger partial charge in [0, 0.05) is 17.5 Å². The van der Waals surface area contributed by atoms with Crippen molar-refractivity contribution in [3.63, 3.8) is 0 Å². The highest BCUT2D eigenvalue weighted by atomic mass is 16.6. The highest BCUT2D eigenvalue weighted by molar-refractivity contribution is 5.92. The molecule has 0 spiro atoms. The molecule has 1 aliphatic carbocycles. The van der Waals surface area contributed by atoms with Crippen LogP contribution in [-0.4, -0.2) is 45.8 Å². The van der Waals surface area contributed by atoms with Crippen molar-refractivity contribution in [2.45, 2.75) is 13.0 Å². The van der Waals surface area contributed by atoms with E-state index in [4.69, 9.17) is 9.47 Å². The SMILES string of the molecule is O=C(O)c1nn(CCO)c2c1Cc1cc3c(cc1-2)OCCO3. The Morgan fingerprint density at radius 1 is 1.27 bits per heavy atom. The molecule has 0 saturated heterocycles. The summed E-state index contributed by atoms with van der Waals surface area (Å²) in [6.07, 6.45) is 0.494. The Morgan fingerprint density at radius 2 is 2.00 bits per heavy atom. The van der Waals surface area contributed by atoms with Crippen LogP contribution in [0, 0.1) is 0 Å². The lowest BCUT2D eigenvalue weighted by Gasteiger charge is -2.19. The molecule has 0 amide bonds. The van der Waals surface area contributed by atoms with Gasteiger partial charge in [-0.1, -0.05) is 0 Å². The maximum Gasteiger partial charge on any atom is 0.356 e. The van der Waals surface area contributed by atoms with E-state index in [9.17, 15) is 15.0 Å². The third-order valence-corrected chi connectivity index (χ3v) is 3.96. The number of hydrogen-bond acceptors (Lipinski definition) is 5. The molecule has 0 bridgehead atoms. The van der Waals surface area contributed by atoms with Crippen LogP contribution in [0.3, 0.4) is 0 Å². The zero-order chi connectivity index (χ0) is 15.3. The quantitative estimate of drug-likeness (QED) is 0.747. The molecule has 2 aromatic rings. The van der Waals surface area contributed by atoms with Crippen LogP contribution in [0.15, 0.2) is 12.1 Å². The predicted molar refractivity (Wildman–Crippen MR) is 75.5 cm³/mol. The fourth-order valence-electron chi connectivity index (χ4n) is 3.08. The number of rotatable bonds is 3. The number of aromatic carboxylic acids is 1. The topological polar surface area (TPSA) is 93.8 Å². The molecule has 1 aromatic carbocycles. The zero-order valence-electron chi connectivity index (χ0n) is 11.7. The Labute approximate surface area is 125 Å². The summed E-state index contributed by atoms with van der Waals surface area (Å²) in [5, 5.41) is 22.6. The largest absolute Gasteiger partial charge is 0.486 e. The number of carboxylic acids is 1. The number of aliphatic hydroxyl groups is 1. The van der Waals surface area contributed by atoms with Gasteiger partial charge in [-0.3, -0.25) is 4.68 Å². The summed E-state index contributed by atoms with van der Waals surface area (Å²) in [6.45, 7) is 1.16. The maximum absolute atomic E-state index is 11.4. The Hall–Kier alpha value is -2.54. The molecule has 4 rings (SSSR count). The molecule has 114 valence electrons. The van der Waals surface area contributed by atoms with Gasteiger partial charge in [-0.25, -0.2) is 4.79 Å². The standard InChI is InChI=1S/C15H14N2O5/c18-2-1-17-14-9-7-12-11(21-3-4-22-12)6-8(9)5-10(14)13(16-17)15(19)20/h6-7,18H,1-5H2,(H,19,20). The number of fused-ring (bicyclic) bond motifs is 4. The first-order chi connectivity index (χ1) is 10.7. The van der Waals surface area contributed by atoms with Gasteiger partial charge in [0.25, 0.3) is 0 Å². The Balaban J connectivity index is 1.90. The van der Waals surface area contributed by atoms with Crippen molar-refractivity contribution < 1.29 is 24.5 Å². The van der Waals surface area contributed by atoms with Crippen LogP contribution in [0.2, 0.25) is 0 Å². The molecule has 1 aliphatic heterocycles. The van der Waals surface area contributed by atoms with Crippen LogP contribution in [0.4, 0.5) is 0 Å². The van der Waals surface area contributed by atoms with E-state index in [0.29, 0.717) is 36.7 Å². The summed E-state index contributed by atoms with van der Waals surface area (Å²) in [7, 11) is 0. The number of aliphatic hydroxyl groups excluding tert-OH is 1. The molecule has 7 heteroatoms. The molecule has 0 unspecified atom stereocenters. The molecular formula is C15H14N2O5. The second-order valence-corrected chi connectivity index (χ2v) is 5.26. The average molecular weight is 302 g/mol. The second-order valence-electron chi connectivity index (χ2n) is 5.26. The normalized spacial score (nSPS) is 14.6. The predicted octanol–water partition coefficient (Wildman–Crippen LogP) is 0.916. The lowest BCUT2D eigenvalue weighted by molar-refractivity contribution is 0.0688. The number of benzene rings is 1. The van der Waals surface area contributed by atoms with E-state index in [0.717, 1.165) is 16.8 Å². The average Bonchev–Trinajstić information content (AvgIpc) is 3.03. The molecule has 2 heterocycles. The van der Waals surface area contributed by atoms with E-state index in [1.54, 1.807) is 4.68 Å². The summed E-state index contributed by atoms with van der Waals surface area (Å²) in [5.74, 6) is 0.290. The number of nitrogens with zero attached hydrogens (tertiary/aromatic N) is 2. The van der Waals surface area contributed by atoms with Gasteiger partial charge in [-0.15, -0.1) is 0 Å². The number of aromatic nitrogens is 2. The van der Waals surface area contributed by atoms with Crippen molar-refractivity contribution in [3.05, 3.63) is 29.0 Å². The molecule has 1 aromatic heterocycles. The van der Waals surface area contributed by atoms with E-state index in [-0.39, 0.29) is 18.8 Å². The number of ether oxygens (including phenoxy) is 2. The molecule has 0 fully saturated rings. The van der Waals surface area contributed by atoms with Crippen molar-refractivity contribution in [2.24, 2.45) is 0 Å². The molecule has 7 nitrogen and oxygen atoms in total. The van der Waals surface area contributed by atoms with E-state index in [2.05, 4.69) is 5.10 Å². The van der Waals surface area contributed by atoms with E-state index < -0.39 is 5.97 Å². The minimum Gasteiger partial charge on any atom is -0.486 e. The van der Waals surface area contributed by atoms with Gasteiger partial charge in [-0.2, -0.15) is 5.10 Å². The number of carbonyl (C=O) groups is 1. The summed E-state index contributed by atoms with van der Waals surface area (Å²) in [5.41, 5.74) is 3.36. The molecule has 0 atom stereocenters. The van der Waals surface area contributed by atoms with Gasteiger partial charge in [0.1, 0.15) is 13.2 Å². The first-order valence-corrected chi connectivity index (χ1v) is 7.05. The van der Waals surface area contributed by atoms with Crippen molar-refractivity contribution in [3.8, 4) is 22.8 Å². The van der Waals surface area contributed by atoms with Crippen molar-refractivity contribution in [1.29, 1.82) is 0 Å². The number of carboxylic acid groups (broad SMARTS) is 1. The minimum absolute atomic E-state index is 0.0412. The molecule has 22 heavy (non-hydrogen) atoms. The lowest BCUT2D eigenvalue weighted by Crippen LogP contribution is -2.15. The van der Waals surface area contributed by atoms with Crippen LogP contribution in [0.1, 0.15) is 21.6 Å². The maximum atomic E-state index is 11.4. The van der Waals surface area contributed by atoms with Crippen LogP contribution in [0.25, 0.3) is 11.3 Å². The van der Waals surface area contributed by atoms with Crippen LogP contribution in [-0.2, 0) is 13.0 Å². The third-order valence-electron chi connectivity index (χ3n) is 3.96. The number of hydrogen-bond donors (Lipinski definition) is 2. The van der Waals surface area contributed by atoms with Crippen LogP contribution < -0.4 is 9.47 Å². The second kappa shape index (κ2) is 4.74. The fourth-order valence-corrected chi connectivity index (χ4v) is 3.08. The van der Waals surface area contributed by atoms with Crippen molar-refractivity contribution >= 4 is 5.97 Å². The summed E-state index contributed by atoms with van der Waals surface area (Å²) in [6, 6.07) is 3.77. The summed E-state index contributed by atoms with van der Waals surface area (Å²) in [4.78, 5) is 11.4. The molecule has 2 aliphatic rings. The van der Waals surface area contributed by atoms with Gasteiger partial charge in [0.2, 0.25) is 0 Å². The van der Waals surface area contributed by atoms with E-state index >= 15 is 0 Å². The molecule has 2 N–H and O–H groups in total. The van der Waals surface area contributed by atoms with Gasteiger partial charge < -0.3 is 19.7 Å². The zero-order valence-corrected chi connectivity index (χ0v) is 11.7. The Morgan fingerprint density at radius 3 is 2.68 bits per heavy atom. The van der Waals surface area contributed by atoms with E-state index in [1.807, 2.05) is 12.1 Å². The van der Waals surface area contributed by atoms with Gasteiger partial charge in [0.15, 0.2) is 17.2 Å². The van der Waals surface area contributed by atoms with Crippen LogP contribution >= 0.6 is 0 Å². The Bertz CT molecular complexity index is 781. The summed E-state index contributed by atoms with van der Waals surface area (Å²) >= 11 is 0. The van der Waals surface area contributed by atoms with Gasteiger partial charge in [0.05, 0.1) is 18.8 Å². The molecular weight excluding hydrogens is 288 g/mol. The van der Waals surface area contributed by atoms with Crippen molar-refractivity contribution in [2.75, 3.05) is 19.8 Å². The first kappa shape index (κ1) is 13.1. The van der Waals surface area contributed by atoms with Gasteiger partial charge >= 0.3 is 5.97 Å². The Kier molecular flexibility index (Phi) is 2.83. The van der Waals surface area contributed by atoms with Crippen LogP contribution in [0.5, 0.6) is 11.5 Å². The molecule has 0 radical (unpaired) electrons. The highest BCUT2D eigenvalue weighted by Crippen LogP contribution is 2.44. The third kappa shape index (κ3) is 1.79. The fraction of sp³-hybridized carbons (Fsp3) is 0.333. The monoisotopic (exact) mass is 302 g/mol. The smallest absolute Gasteiger partial charge is 0.356 e. The van der Waals surface area contributed by atoms with E-state index in [1.165, 1.54) is 0 Å². The molecule has 0 saturated carbocycles. The lowest BCUT2D eigenvalue weighted by atomic mass is 10.1. The van der Waals surface area contributed by atoms with Crippen molar-refractivity contribution in [1.82, 2.24) is 9.78 Å².